The summed E-state index contributed by atoms with van der Waals surface area (Å²) in [5.41, 5.74) is 6.20. The van der Waals surface area contributed by atoms with E-state index in [9.17, 15) is 4.79 Å². The normalized spacial score (nSPS) is 18.6. The molecule has 0 aromatic carbocycles. The molecule has 3 N–H and O–H groups in total. The Bertz CT molecular complexity index is 656. The van der Waals surface area contributed by atoms with Crippen molar-refractivity contribution in [3.8, 4) is 0 Å². The van der Waals surface area contributed by atoms with Crippen molar-refractivity contribution in [3.63, 3.8) is 0 Å². The van der Waals surface area contributed by atoms with E-state index in [-0.39, 0.29) is 11.8 Å². The number of carbonyl (C=O) groups is 1. The number of nitrogens with two attached hydrogens (primary N) is 1. The van der Waals surface area contributed by atoms with Crippen molar-refractivity contribution >= 4 is 23.4 Å². The van der Waals surface area contributed by atoms with E-state index in [1.807, 2.05) is 19.9 Å². The second kappa shape index (κ2) is 10.7. The Morgan fingerprint density at radius 1 is 1.52 bits per heavy atom. The first kappa shape index (κ1) is 21.0. The molecule has 0 saturated carbocycles. The van der Waals surface area contributed by atoms with Gasteiger partial charge in [0.2, 0.25) is 0 Å². The van der Waals surface area contributed by atoms with Crippen LogP contribution in [-0.4, -0.2) is 30.6 Å². The molecule has 5 nitrogen and oxygen atoms in total. The van der Waals surface area contributed by atoms with Gasteiger partial charge in [0.25, 0.3) is 5.91 Å². The number of hydrogen-bond acceptors (Lipinski definition) is 5. The van der Waals surface area contributed by atoms with Gasteiger partial charge in [0.1, 0.15) is 0 Å². The van der Waals surface area contributed by atoms with Gasteiger partial charge in [-0.05, 0) is 12.1 Å². The van der Waals surface area contributed by atoms with E-state index in [1.54, 1.807) is 31.1 Å². The molecule has 0 bridgehead atoms. The molecule has 6 heteroatoms. The summed E-state index contributed by atoms with van der Waals surface area (Å²) in [5.74, 6) is -0.206. The Morgan fingerprint density at radius 3 is 2.84 bits per heavy atom. The van der Waals surface area contributed by atoms with Crippen LogP contribution in [0, 0.1) is 5.92 Å². The Kier molecular flexibility index (Phi) is 9.02. The van der Waals surface area contributed by atoms with Crippen molar-refractivity contribution < 1.29 is 9.53 Å². The number of methoxy groups -OCH3 is 1. The summed E-state index contributed by atoms with van der Waals surface area (Å²) in [6, 6.07) is 1.87. The van der Waals surface area contributed by atoms with Crippen molar-refractivity contribution in [1.82, 2.24) is 4.98 Å². The van der Waals surface area contributed by atoms with E-state index >= 15 is 0 Å². The number of nitrogens with zero attached hydrogens (tertiary/aromatic N) is 1. The summed E-state index contributed by atoms with van der Waals surface area (Å²) in [7, 11) is 1.71. The van der Waals surface area contributed by atoms with Gasteiger partial charge in [-0.1, -0.05) is 50.8 Å². The number of hydrogen-bond donors (Lipinski definition) is 2. The molecule has 0 aliphatic heterocycles. The molecule has 2 rings (SSSR count). The van der Waals surface area contributed by atoms with Crippen LogP contribution in [0.3, 0.4) is 0 Å². The van der Waals surface area contributed by atoms with Crippen LogP contribution in [0.5, 0.6) is 0 Å². The van der Waals surface area contributed by atoms with Crippen molar-refractivity contribution in [2.75, 3.05) is 19.0 Å². The van der Waals surface area contributed by atoms with Gasteiger partial charge in [-0.2, -0.15) is 0 Å². The maximum absolute atomic E-state index is 11.5. The molecule has 2 atom stereocenters. The minimum Gasteiger partial charge on any atom is -0.380 e. The Labute approximate surface area is 154 Å². The largest absolute Gasteiger partial charge is 0.380 e. The average Bonchev–Trinajstić information content (AvgIpc) is 2.63. The van der Waals surface area contributed by atoms with Crippen LogP contribution in [0.4, 0.5) is 5.69 Å². The number of primary amides is 1. The number of aromatic nitrogens is 1. The molecule has 25 heavy (non-hydrogen) atoms. The molecular formula is C19H27N3O2S. The third-order valence-corrected chi connectivity index (χ3v) is 4.42. The van der Waals surface area contributed by atoms with Crippen molar-refractivity contribution in [2.45, 2.75) is 31.8 Å². The fourth-order valence-corrected chi connectivity index (χ4v) is 3.13. The number of amides is 1. The van der Waals surface area contributed by atoms with Gasteiger partial charge >= 0.3 is 0 Å². The summed E-state index contributed by atoms with van der Waals surface area (Å²) in [6.07, 6.45) is 9.72. The minimum absolute atomic E-state index is 0.0683. The van der Waals surface area contributed by atoms with E-state index in [4.69, 9.17) is 10.5 Å². The van der Waals surface area contributed by atoms with Crippen LogP contribution in [0.15, 0.2) is 52.9 Å². The Balaban J connectivity index is 0.00000151. The molecule has 0 fully saturated rings. The highest BCUT2D eigenvalue weighted by Crippen LogP contribution is 2.33. The van der Waals surface area contributed by atoms with E-state index in [1.165, 1.54) is 0 Å². The number of pyridine rings is 1. The SMILES string of the molecule is C=CCNc1cc(SC2=CC(OC)C(C)C=C2)cnc1C(N)=O.CC. The fraction of sp³-hybridized carbons (Fsp3) is 0.368. The predicted molar refractivity (Wildman–Crippen MR) is 106 cm³/mol. The maximum atomic E-state index is 11.5. The molecule has 1 heterocycles. The zero-order valence-corrected chi connectivity index (χ0v) is 16.1. The van der Waals surface area contributed by atoms with E-state index in [2.05, 4.69) is 42.0 Å². The molecule has 1 aliphatic carbocycles. The Hall–Kier alpha value is -2.05. The minimum atomic E-state index is -0.557. The first-order chi connectivity index (χ1) is 12.0. The van der Waals surface area contributed by atoms with Gasteiger partial charge in [-0.25, -0.2) is 4.98 Å². The number of nitrogens with one attached hydrogen (secondary N) is 1. The first-order valence-corrected chi connectivity index (χ1v) is 9.12. The van der Waals surface area contributed by atoms with Gasteiger partial charge in [-0.3, -0.25) is 4.79 Å². The molecule has 0 saturated heterocycles. The topological polar surface area (TPSA) is 77.2 Å². The van der Waals surface area contributed by atoms with Crippen LogP contribution < -0.4 is 11.1 Å². The maximum Gasteiger partial charge on any atom is 0.269 e. The lowest BCUT2D eigenvalue weighted by molar-refractivity contribution is 0.0996. The number of carbonyl (C=O) groups excluding carboxylic acids is 1. The number of allylic oxidation sites excluding steroid dienone is 1. The number of rotatable bonds is 7. The Morgan fingerprint density at radius 2 is 2.24 bits per heavy atom. The molecule has 1 aromatic rings. The van der Waals surface area contributed by atoms with Crippen molar-refractivity contribution in [1.29, 1.82) is 0 Å². The second-order valence-electron chi connectivity index (χ2n) is 5.19. The van der Waals surface area contributed by atoms with Crippen molar-refractivity contribution in [3.05, 3.63) is 53.7 Å². The highest BCUT2D eigenvalue weighted by molar-refractivity contribution is 8.03. The molecule has 1 amide bonds. The molecule has 136 valence electrons. The van der Waals surface area contributed by atoms with Crippen LogP contribution in [0.2, 0.25) is 0 Å². The zero-order valence-electron chi connectivity index (χ0n) is 15.3. The quantitative estimate of drug-likeness (QED) is 0.718. The molecule has 1 aromatic heterocycles. The van der Waals surface area contributed by atoms with Gasteiger partial charge < -0.3 is 15.8 Å². The van der Waals surface area contributed by atoms with Crippen LogP contribution in [-0.2, 0) is 4.74 Å². The van der Waals surface area contributed by atoms with E-state index in [0.29, 0.717) is 18.2 Å². The van der Waals surface area contributed by atoms with E-state index < -0.39 is 5.91 Å². The average molecular weight is 362 g/mol. The van der Waals surface area contributed by atoms with Gasteiger partial charge in [0.05, 0.1) is 11.8 Å². The molecule has 0 spiro atoms. The zero-order chi connectivity index (χ0) is 18.8. The lowest BCUT2D eigenvalue weighted by Crippen LogP contribution is -2.18. The highest BCUT2D eigenvalue weighted by atomic mass is 32.2. The standard InChI is InChI=1S/C17H21N3O2S.C2H6/c1-4-7-19-14-8-13(10-20-16(14)17(18)21)23-12-6-5-11(2)15(9-12)22-3;1-2/h4-6,8-11,15,19H,1,7H2,2-3H3,(H2,18,21);1-2H3. The number of thioether (sulfide) groups is 1. The number of ether oxygens (including phenoxy) is 1. The smallest absolute Gasteiger partial charge is 0.269 e. The van der Waals surface area contributed by atoms with Gasteiger partial charge in [0.15, 0.2) is 5.69 Å². The second-order valence-corrected chi connectivity index (χ2v) is 6.34. The fourth-order valence-electron chi connectivity index (χ4n) is 2.23. The summed E-state index contributed by atoms with van der Waals surface area (Å²) >= 11 is 1.57. The highest BCUT2D eigenvalue weighted by Gasteiger charge is 2.17. The summed E-state index contributed by atoms with van der Waals surface area (Å²) < 4.78 is 5.46. The molecular weight excluding hydrogens is 334 g/mol. The first-order valence-electron chi connectivity index (χ1n) is 8.30. The van der Waals surface area contributed by atoms with Crippen LogP contribution in [0.1, 0.15) is 31.3 Å². The van der Waals surface area contributed by atoms with Crippen LogP contribution >= 0.6 is 11.8 Å². The summed E-state index contributed by atoms with van der Waals surface area (Å²) in [4.78, 5) is 17.6. The third-order valence-electron chi connectivity index (χ3n) is 3.45. The predicted octanol–water partition coefficient (Wildman–Crippen LogP) is 4.00. The molecule has 0 radical (unpaired) electrons. The molecule has 1 aliphatic rings. The third kappa shape index (κ3) is 6.07. The monoisotopic (exact) mass is 361 g/mol. The van der Waals surface area contributed by atoms with E-state index in [0.717, 1.165) is 9.80 Å². The van der Waals surface area contributed by atoms with Gasteiger partial charge in [0, 0.05) is 35.6 Å². The number of anilines is 1. The molecule has 2 unspecified atom stereocenters. The van der Waals surface area contributed by atoms with Crippen molar-refractivity contribution in [2.24, 2.45) is 11.7 Å². The summed E-state index contributed by atoms with van der Waals surface area (Å²) in [6.45, 7) is 10.3. The van der Waals surface area contributed by atoms with Gasteiger partial charge in [-0.15, -0.1) is 6.58 Å². The summed E-state index contributed by atoms with van der Waals surface area (Å²) in [5, 5.41) is 3.09. The lowest BCUT2D eigenvalue weighted by atomic mass is 10.00. The van der Waals surface area contributed by atoms with Crippen LogP contribution in [0.25, 0.3) is 0 Å². The lowest BCUT2D eigenvalue weighted by Gasteiger charge is -2.21.